The van der Waals surface area contributed by atoms with Crippen molar-refractivity contribution >= 4 is 11.3 Å². The monoisotopic (exact) mass is 213 g/mol. The summed E-state index contributed by atoms with van der Waals surface area (Å²) in [6.07, 6.45) is 1.02. The molecule has 0 saturated carbocycles. The molecule has 0 aliphatic rings. The Morgan fingerprint density at radius 3 is 2.64 bits per heavy atom. The second-order valence-corrected chi connectivity index (χ2v) is 4.36. The quantitative estimate of drug-likeness (QED) is 0.816. The molecule has 0 amide bonds. The normalized spacial score (nSPS) is 15.4. The van der Waals surface area contributed by atoms with Crippen molar-refractivity contribution in [2.45, 2.75) is 39.3 Å². The molecule has 0 saturated heterocycles. The molecule has 0 spiro atoms. The van der Waals surface area contributed by atoms with E-state index in [9.17, 15) is 0 Å². The largest absolute Gasteiger partial charge is 0.371 e. The molecule has 1 heterocycles. The molecular formula is C11H19NOS. The first-order valence-corrected chi connectivity index (χ1v) is 5.99. The van der Waals surface area contributed by atoms with Gasteiger partial charge in [0, 0.05) is 17.5 Å². The molecule has 2 unspecified atom stereocenters. The number of hydrogen-bond donors (Lipinski definition) is 1. The van der Waals surface area contributed by atoms with E-state index in [0.717, 1.165) is 13.0 Å². The summed E-state index contributed by atoms with van der Waals surface area (Å²) in [5.41, 5.74) is 7.33. The van der Waals surface area contributed by atoms with E-state index >= 15 is 0 Å². The van der Waals surface area contributed by atoms with Crippen molar-refractivity contribution in [1.29, 1.82) is 0 Å². The van der Waals surface area contributed by atoms with Crippen LogP contribution < -0.4 is 5.73 Å². The van der Waals surface area contributed by atoms with Crippen molar-refractivity contribution in [1.82, 2.24) is 0 Å². The van der Waals surface area contributed by atoms with Crippen LogP contribution in [0.4, 0.5) is 0 Å². The van der Waals surface area contributed by atoms with Crippen LogP contribution >= 0.6 is 11.3 Å². The van der Waals surface area contributed by atoms with E-state index in [0.29, 0.717) is 0 Å². The molecule has 0 aliphatic carbocycles. The molecule has 2 N–H and O–H groups in total. The van der Waals surface area contributed by atoms with Gasteiger partial charge >= 0.3 is 0 Å². The Bertz CT molecular complexity index is 272. The summed E-state index contributed by atoms with van der Waals surface area (Å²) >= 11 is 1.74. The van der Waals surface area contributed by atoms with Gasteiger partial charge in [0.25, 0.3) is 0 Å². The summed E-state index contributed by atoms with van der Waals surface area (Å²) in [5, 5.41) is 2.10. The van der Waals surface area contributed by atoms with Crippen LogP contribution in [0.2, 0.25) is 0 Å². The van der Waals surface area contributed by atoms with Gasteiger partial charge in [-0.3, -0.25) is 0 Å². The zero-order chi connectivity index (χ0) is 10.6. The van der Waals surface area contributed by atoms with Gasteiger partial charge < -0.3 is 10.5 Å². The fourth-order valence-electron chi connectivity index (χ4n) is 1.46. The van der Waals surface area contributed by atoms with Gasteiger partial charge in [0.05, 0.1) is 0 Å². The summed E-state index contributed by atoms with van der Waals surface area (Å²) < 4.78 is 5.71. The standard InChI is InChI=1S/C11H19NOS/c1-4-9(12)10(13-5-2)11-8(3)6-7-14-11/h6-7,9-10H,4-5,12H2,1-3H3. The molecule has 0 aromatic carbocycles. The lowest BCUT2D eigenvalue weighted by molar-refractivity contribution is 0.0445. The van der Waals surface area contributed by atoms with Crippen LogP contribution in [0.5, 0.6) is 0 Å². The van der Waals surface area contributed by atoms with E-state index in [2.05, 4.69) is 25.3 Å². The van der Waals surface area contributed by atoms with Gasteiger partial charge in [-0.1, -0.05) is 6.92 Å². The first-order valence-electron chi connectivity index (χ1n) is 5.11. The minimum absolute atomic E-state index is 0.0741. The molecule has 0 aliphatic heterocycles. The molecule has 2 atom stereocenters. The summed E-state index contributed by atoms with van der Waals surface area (Å²) in [4.78, 5) is 1.28. The van der Waals surface area contributed by atoms with Crippen LogP contribution in [0, 0.1) is 6.92 Å². The lowest BCUT2D eigenvalue weighted by atomic mass is 10.1. The van der Waals surface area contributed by atoms with Crippen LogP contribution in [-0.4, -0.2) is 12.6 Å². The summed E-state index contributed by atoms with van der Waals surface area (Å²) in [6, 6.07) is 2.22. The Labute approximate surface area is 90.1 Å². The van der Waals surface area contributed by atoms with Gasteiger partial charge in [0.2, 0.25) is 0 Å². The Morgan fingerprint density at radius 2 is 2.21 bits per heavy atom. The summed E-state index contributed by atoms with van der Waals surface area (Å²) in [7, 11) is 0. The highest BCUT2D eigenvalue weighted by atomic mass is 32.1. The minimum atomic E-state index is 0.0741. The SMILES string of the molecule is CCOC(c1sccc1C)C(N)CC. The maximum Gasteiger partial charge on any atom is 0.107 e. The zero-order valence-electron chi connectivity index (χ0n) is 9.12. The fraction of sp³-hybridized carbons (Fsp3) is 0.636. The first-order chi connectivity index (χ1) is 6.70. The predicted octanol–water partition coefficient (Wildman–Crippen LogP) is 2.87. The maximum absolute atomic E-state index is 6.05. The second kappa shape index (κ2) is 5.49. The molecule has 0 radical (unpaired) electrons. The van der Waals surface area contributed by atoms with Crippen molar-refractivity contribution in [3.63, 3.8) is 0 Å². The fourth-order valence-corrected chi connectivity index (χ4v) is 2.51. The molecule has 0 fully saturated rings. The van der Waals surface area contributed by atoms with Crippen LogP contribution in [0.3, 0.4) is 0 Å². The maximum atomic E-state index is 6.05. The van der Waals surface area contributed by atoms with Crippen LogP contribution in [0.25, 0.3) is 0 Å². The van der Waals surface area contributed by atoms with E-state index in [4.69, 9.17) is 10.5 Å². The molecule has 80 valence electrons. The van der Waals surface area contributed by atoms with Crippen LogP contribution in [0.1, 0.15) is 36.8 Å². The summed E-state index contributed by atoms with van der Waals surface area (Å²) in [5.74, 6) is 0. The first kappa shape index (κ1) is 11.7. The third-order valence-electron chi connectivity index (χ3n) is 2.37. The highest BCUT2D eigenvalue weighted by Gasteiger charge is 2.21. The summed E-state index contributed by atoms with van der Waals surface area (Å²) in [6.45, 7) is 6.94. The Hall–Kier alpha value is -0.380. The Balaban J connectivity index is 2.82. The lowest BCUT2D eigenvalue weighted by Gasteiger charge is -2.22. The number of rotatable bonds is 5. The van der Waals surface area contributed by atoms with Crippen molar-refractivity contribution < 1.29 is 4.74 Å². The van der Waals surface area contributed by atoms with E-state index < -0.39 is 0 Å². The molecule has 1 rings (SSSR count). The van der Waals surface area contributed by atoms with Crippen molar-refractivity contribution in [3.8, 4) is 0 Å². The third kappa shape index (κ3) is 2.56. The molecular weight excluding hydrogens is 194 g/mol. The average molecular weight is 213 g/mol. The molecule has 14 heavy (non-hydrogen) atoms. The van der Waals surface area contributed by atoms with Gasteiger partial charge in [-0.2, -0.15) is 0 Å². The van der Waals surface area contributed by atoms with Gasteiger partial charge in [-0.05, 0) is 37.3 Å². The van der Waals surface area contributed by atoms with E-state index in [-0.39, 0.29) is 12.1 Å². The van der Waals surface area contributed by atoms with Gasteiger partial charge in [-0.25, -0.2) is 0 Å². The number of ether oxygens (including phenoxy) is 1. The van der Waals surface area contributed by atoms with Gasteiger partial charge in [0.1, 0.15) is 6.10 Å². The minimum Gasteiger partial charge on any atom is -0.371 e. The highest BCUT2D eigenvalue weighted by molar-refractivity contribution is 7.10. The van der Waals surface area contributed by atoms with Gasteiger partial charge in [-0.15, -0.1) is 11.3 Å². The Kier molecular flexibility index (Phi) is 4.58. The van der Waals surface area contributed by atoms with Crippen LogP contribution in [0.15, 0.2) is 11.4 Å². The molecule has 1 aromatic rings. The predicted molar refractivity (Wildman–Crippen MR) is 61.7 cm³/mol. The van der Waals surface area contributed by atoms with Gasteiger partial charge in [0.15, 0.2) is 0 Å². The topological polar surface area (TPSA) is 35.2 Å². The number of hydrogen-bond acceptors (Lipinski definition) is 3. The number of nitrogens with two attached hydrogens (primary N) is 1. The van der Waals surface area contributed by atoms with Crippen molar-refractivity contribution in [2.75, 3.05) is 6.61 Å². The molecule has 0 bridgehead atoms. The zero-order valence-corrected chi connectivity index (χ0v) is 9.93. The van der Waals surface area contributed by atoms with Crippen molar-refractivity contribution in [2.24, 2.45) is 5.73 Å². The third-order valence-corrected chi connectivity index (χ3v) is 3.45. The van der Waals surface area contributed by atoms with E-state index in [1.54, 1.807) is 11.3 Å². The molecule has 1 aromatic heterocycles. The average Bonchev–Trinajstić information content (AvgIpc) is 2.60. The number of aryl methyl sites for hydroxylation is 1. The molecule has 3 heteroatoms. The van der Waals surface area contributed by atoms with Crippen LogP contribution in [-0.2, 0) is 4.74 Å². The van der Waals surface area contributed by atoms with Crippen molar-refractivity contribution in [3.05, 3.63) is 21.9 Å². The van der Waals surface area contributed by atoms with E-state index in [1.807, 2.05) is 6.92 Å². The number of thiophene rings is 1. The second-order valence-electron chi connectivity index (χ2n) is 3.42. The highest BCUT2D eigenvalue weighted by Crippen LogP contribution is 2.29. The molecule has 2 nitrogen and oxygen atoms in total. The smallest absolute Gasteiger partial charge is 0.107 e. The van der Waals surface area contributed by atoms with E-state index in [1.165, 1.54) is 10.4 Å². The Morgan fingerprint density at radius 1 is 1.50 bits per heavy atom. The lowest BCUT2D eigenvalue weighted by Crippen LogP contribution is -2.29.